The molecule has 0 unspecified atom stereocenters. The molecule has 1 aromatic heterocycles. The molecule has 2 rings (SSSR count). The summed E-state index contributed by atoms with van der Waals surface area (Å²) >= 11 is 5.97. The fourth-order valence-corrected chi connectivity index (χ4v) is 1.90. The van der Waals surface area contributed by atoms with Crippen molar-refractivity contribution < 1.29 is 4.52 Å². The molecule has 20 heavy (non-hydrogen) atoms. The van der Waals surface area contributed by atoms with Crippen molar-refractivity contribution in [3.63, 3.8) is 0 Å². The normalized spacial score (nSPS) is 12.7. The molecule has 4 nitrogen and oxygen atoms in total. The second-order valence-corrected chi connectivity index (χ2v) is 6.61. The molecular weight excluding hydrogens is 274 g/mol. The number of halogens is 1. The fourth-order valence-electron chi connectivity index (χ4n) is 1.68. The molecule has 1 aromatic carbocycles. The lowest BCUT2D eigenvalue weighted by molar-refractivity contribution is 0.222. The van der Waals surface area contributed by atoms with E-state index in [1.54, 1.807) is 0 Å². The molecular formula is C15H20ClN3O. The van der Waals surface area contributed by atoms with Crippen LogP contribution < -0.4 is 5.73 Å². The smallest absolute Gasteiger partial charge is 0.234 e. The van der Waals surface area contributed by atoms with Gasteiger partial charge in [0.2, 0.25) is 5.89 Å². The van der Waals surface area contributed by atoms with Crippen LogP contribution in [0.2, 0.25) is 5.02 Å². The van der Waals surface area contributed by atoms with Crippen LogP contribution in [0.15, 0.2) is 28.8 Å². The molecule has 0 bridgehead atoms. The summed E-state index contributed by atoms with van der Waals surface area (Å²) < 4.78 is 5.38. The zero-order valence-electron chi connectivity index (χ0n) is 12.3. The Morgan fingerprint density at radius 1 is 1.25 bits per heavy atom. The van der Waals surface area contributed by atoms with Gasteiger partial charge in [-0.2, -0.15) is 4.98 Å². The summed E-state index contributed by atoms with van der Waals surface area (Å²) in [7, 11) is 0. The highest BCUT2D eigenvalue weighted by Crippen LogP contribution is 2.31. The van der Waals surface area contributed by atoms with Crippen LogP contribution in [-0.4, -0.2) is 15.7 Å². The molecule has 0 aliphatic carbocycles. The molecule has 5 heteroatoms. The third-order valence-electron chi connectivity index (χ3n) is 3.86. The highest BCUT2D eigenvalue weighted by Gasteiger charge is 2.40. The molecule has 0 saturated heterocycles. The zero-order chi connectivity index (χ0) is 15.0. The molecule has 0 aliphatic heterocycles. The highest BCUT2D eigenvalue weighted by molar-refractivity contribution is 6.30. The Morgan fingerprint density at radius 2 is 1.95 bits per heavy atom. The lowest BCUT2D eigenvalue weighted by atomic mass is 9.75. The lowest BCUT2D eigenvalue weighted by Gasteiger charge is -2.34. The number of nitrogens with zero attached hydrogens (tertiary/aromatic N) is 2. The molecule has 2 aromatic rings. The van der Waals surface area contributed by atoms with Crippen LogP contribution in [0.5, 0.6) is 0 Å². The molecule has 0 amide bonds. The topological polar surface area (TPSA) is 64.9 Å². The maximum absolute atomic E-state index is 6.18. The number of benzene rings is 1. The van der Waals surface area contributed by atoms with Gasteiger partial charge in [0.15, 0.2) is 5.82 Å². The minimum Gasteiger partial charge on any atom is -0.339 e. The van der Waals surface area contributed by atoms with E-state index in [0.717, 1.165) is 5.56 Å². The van der Waals surface area contributed by atoms with Gasteiger partial charge < -0.3 is 10.3 Å². The van der Waals surface area contributed by atoms with E-state index in [4.69, 9.17) is 21.9 Å². The second kappa shape index (κ2) is 5.19. The van der Waals surface area contributed by atoms with E-state index in [0.29, 0.717) is 23.2 Å². The van der Waals surface area contributed by atoms with E-state index in [2.05, 4.69) is 10.1 Å². The van der Waals surface area contributed by atoms with Gasteiger partial charge in [-0.1, -0.05) is 28.9 Å². The average molecular weight is 294 g/mol. The number of hydrogen-bond donors (Lipinski definition) is 1. The standard InChI is InChI=1S/C15H20ClN3O/c1-14(2,15(3,4)17)13-18-12(19-20-13)9-10-6-5-7-11(16)8-10/h5-8H,9,17H2,1-4H3. The van der Waals surface area contributed by atoms with Crippen molar-refractivity contribution in [1.82, 2.24) is 10.1 Å². The molecule has 1 heterocycles. The van der Waals surface area contributed by atoms with Crippen molar-refractivity contribution in [2.75, 3.05) is 0 Å². The van der Waals surface area contributed by atoms with Crippen molar-refractivity contribution in [2.24, 2.45) is 5.73 Å². The van der Waals surface area contributed by atoms with Crippen LogP contribution >= 0.6 is 11.6 Å². The molecule has 2 N–H and O–H groups in total. The number of rotatable bonds is 4. The van der Waals surface area contributed by atoms with Gasteiger partial charge in [-0.15, -0.1) is 0 Å². The Labute approximate surface area is 124 Å². The van der Waals surface area contributed by atoms with Gasteiger partial charge in [-0.05, 0) is 45.4 Å². The van der Waals surface area contributed by atoms with Gasteiger partial charge >= 0.3 is 0 Å². The second-order valence-electron chi connectivity index (χ2n) is 6.17. The van der Waals surface area contributed by atoms with Crippen molar-refractivity contribution in [2.45, 2.75) is 45.1 Å². The molecule has 0 aliphatic rings. The minimum atomic E-state index is -0.452. The maximum atomic E-state index is 6.18. The van der Waals surface area contributed by atoms with Crippen LogP contribution in [-0.2, 0) is 11.8 Å². The zero-order valence-corrected chi connectivity index (χ0v) is 13.0. The van der Waals surface area contributed by atoms with E-state index in [1.807, 2.05) is 52.0 Å². The van der Waals surface area contributed by atoms with Gasteiger partial charge in [0, 0.05) is 17.0 Å². The van der Waals surface area contributed by atoms with Gasteiger partial charge in [0.05, 0.1) is 5.41 Å². The van der Waals surface area contributed by atoms with Crippen molar-refractivity contribution in [3.8, 4) is 0 Å². The van der Waals surface area contributed by atoms with E-state index in [1.165, 1.54) is 0 Å². The Morgan fingerprint density at radius 3 is 2.55 bits per heavy atom. The predicted octanol–water partition coefficient (Wildman–Crippen LogP) is 3.33. The molecule has 0 fully saturated rings. The van der Waals surface area contributed by atoms with Gasteiger partial charge in [-0.25, -0.2) is 0 Å². The van der Waals surface area contributed by atoms with E-state index >= 15 is 0 Å². The Bertz CT molecular complexity index is 599. The van der Waals surface area contributed by atoms with E-state index in [9.17, 15) is 0 Å². The van der Waals surface area contributed by atoms with Crippen molar-refractivity contribution >= 4 is 11.6 Å². The van der Waals surface area contributed by atoms with Crippen molar-refractivity contribution in [3.05, 3.63) is 46.6 Å². The first-order valence-corrected chi connectivity index (χ1v) is 6.94. The first-order chi connectivity index (χ1) is 9.20. The Balaban J connectivity index is 2.22. The highest BCUT2D eigenvalue weighted by atomic mass is 35.5. The Kier molecular flexibility index (Phi) is 3.89. The van der Waals surface area contributed by atoms with Crippen LogP contribution in [0.1, 0.15) is 45.0 Å². The molecule has 0 spiro atoms. The quantitative estimate of drug-likeness (QED) is 0.939. The third kappa shape index (κ3) is 3.02. The monoisotopic (exact) mass is 293 g/mol. The summed E-state index contributed by atoms with van der Waals surface area (Å²) in [6.07, 6.45) is 0.588. The number of nitrogens with two attached hydrogens (primary N) is 1. The van der Waals surface area contributed by atoms with Gasteiger partial charge in [0.25, 0.3) is 0 Å². The first kappa shape index (κ1) is 15.0. The summed E-state index contributed by atoms with van der Waals surface area (Å²) in [4.78, 5) is 4.47. The van der Waals surface area contributed by atoms with Crippen LogP contribution in [0.4, 0.5) is 0 Å². The van der Waals surface area contributed by atoms with E-state index in [-0.39, 0.29) is 0 Å². The average Bonchev–Trinajstić information content (AvgIpc) is 2.76. The summed E-state index contributed by atoms with van der Waals surface area (Å²) in [5, 5.41) is 4.74. The summed E-state index contributed by atoms with van der Waals surface area (Å²) in [6.45, 7) is 7.91. The maximum Gasteiger partial charge on any atom is 0.234 e. The van der Waals surface area contributed by atoms with Crippen LogP contribution in [0.25, 0.3) is 0 Å². The van der Waals surface area contributed by atoms with E-state index < -0.39 is 11.0 Å². The van der Waals surface area contributed by atoms with Crippen molar-refractivity contribution in [1.29, 1.82) is 0 Å². The SMILES string of the molecule is CC(C)(N)C(C)(C)c1nc(Cc2cccc(Cl)c2)no1. The summed E-state index contributed by atoms with van der Waals surface area (Å²) in [5.74, 6) is 1.20. The van der Waals surface area contributed by atoms with Gasteiger partial charge in [-0.3, -0.25) is 0 Å². The number of hydrogen-bond acceptors (Lipinski definition) is 4. The fraction of sp³-hybridized carbons (Fsp3) is 0.467. The van der Waals surface area contributed by atoms with Crippen LogP contribution in [0.3, 0.4) is 0 Å². The summed E-state index contributed by atoms with van der Waals surface area (Å²) in [5.41, 5.74) is 6.38. The first-order valence-electron chi connectivity index (χ1n) is 6.56. The lowest BCUT2D eigenvalue weighted by Crippen LogP contribution is -2.50. The molecule has 108 valence electrons. The summed E-state index contributed by atoms with van der Waals surface area (Å²) in [6, 6.07) is 7.63. The Hall–Kier alpha value is -1.39. The predicted molar refractivity (Wildman–Crippen MR) is 79.8 cm³/mol. The van der Waals surface area contributed by atoms with Crippen LogP contribution in [0, 0.1) is 0 Å². The molecule has 0 saturated carbocycles. The molecule has 0 atom stereocenters. The third-order valence-corrected chi connectivity index (χ3v) is 4.10. The largest absolute Gasteiger partial charge is 0.339 e. The number of aromatic nitrogens is 2. The minimum absolute atomic E-state index is 0.396. The molecule has 0 radical (unpaired) electrons. The van der Waals surface area contributed by atoms with Gasteiger partial charge in [0.1, 0.15) is 0 Å².